The summed E-state index contributed by atoms with van der Waals surface area (Å²) in [5, 5.41) is 4.60. The molecule has 2 aliphatic heterocycles. The number of rotatable bonds is 4. The lowest BCUT2D eigenvalue weighted by molar-refractivity contribution is 0.334. The first-order valence-electron chi connectivity index (χ1n) is 6.37. The van der Waals surface area contributed by atoms with Gasteiger partial charge in [-0.1, -0.05) is 13.8 Å². The van der Waals surface area contributed by atoms with Crippen molar-refractivity contribution in [2.75, 3.05) is 31.9 Å². The van der Waals surface area contributed by atoms with E-state index in [2.05, 4.69) is 35.8 Å². The zero-order valence-electron chi connectivity index (χ0n) is 10.0. The standard InChI is InChI=1S/C12H24N2S/c1-3-14-6-4-11(9-14)8-13-12-5-7-15-10(12)2/h10-13H,3-9H2,1-2H3. The molecule has 0 radical (unpaired) electrons. The van der Waals surface area contributed by atoms with Crippen LogP contribution in [0.15, 0.2) is 0 Å². The molecule has 0 spiro atoms. The van der Waals surface area contributed by atoms with Gasteiger partial charge < -0.3 is 10.2 Å². The minimum absolute atomic E-state index is 0.783. The average molecular weight is 228 g/mol. The van der Waals surface area contributed by atoms with Crippen molar-refractivity contribution in [3.05, 3.63) is 0 Å². The van der Waals surface area contributed by atoms with Crippen molar-refractivity contribution < 1.29 is 0 Å². The van der Waals surface area contributed by atoms with Crippen LogP contribution in [0, 0.1) is 5.92 Å². The maximum absolute atomic E-state index is 3.77. The molecule has 2 aliphatic rings. The number of nitrogens with one attached hydrogen (secondary N) is 1. The SMILES string of the molecule is CCN1CCC(CNC2CCSC2C)C1. The topological polar surface area (TPSA) is 15.3 Å². The highest BCUT2D eigenvalue weighted by Crippen LogP contribution is 2.26. The Morgan fingerprint density at radius 3 is 2.87 bits per heavy atom. The molecule has 0 saturated carbocycles. The fourth-order valence-corrected chi connectivity index (χ4v) is 3.91. The molecule has 88 valence electrons. The van der Waals surface area contributed by atoms with Gasteiger partial charge in [-0.2, -0.15) is 11.8 Å². The van der Waals surface area contributed by atoms with Crippen LogP contribution >= 0.6 is 11.8 Å². The van der Waals surface area contributed by atoms with Crippen LogP contribution in [0.25, 0.3) is 0 Å². The molecule has 0 aromatic heterocycles. The second kappa shape index (κ2) is 5.55. The Morgan fingerprint density at radius 2 is 2.27 bits per heavy atom. The summed E-state index contributed by atoms with van der Waals surface area (Å²) < 4.78 is 0. The van der Waals surface area contributed by atoms with E-state index in [-0.39, 0.29) is 0 Å². The van der Waals surface area contributed by atoms with Gasteiger partial charge in [-0.15, -0.1) is 0 Å². The summed E-state index contributed by atoms with van der Waals surface area (Å²) in [6, 6.07) is 0.783. The number of thioether (sulfide) groups is 1. The molecule has 2 fully saturated rings. The van der Waals surface area contributed by atoms with E-state index in [1.165, 1.54) is 44.8 Å². The second-order valence-electron chi connectivity index (χ2n) is 4.93. The van der Waals surface area contributed by atoms with Crippen LogP contribution in [0.5, 0.6) is 0 Å². The van der Waals surface area contributed by atoms with Crippen LogP contribution in [-0.4, -0.2) is 48.1 Å². The predicted molar refractivity (Wildman–Crippen MR) is 68.5 cm³/mol. The predicted octanol–water partition coefficient (Wildman–Crippen LogP) is 1.81. The highest BCUT2D eigenvalue weighted by molar-refractivity contribution is 8.00. The van der Waals surface area contributed by atoms with Crippen LogP contribution in [0.2, 0.25) is 0 Å². The Kier molecular flexibility index (Phi) is 4.35. The number of likely N-dealkylation sites (tertiary alicyclic amines) is 1. The Balaban J connectivity index is 1.66. The van der Waals surface area contributed by atoms with E-state index >= 15 is 0 Å². The highest BCUT2D eigenvalue weighted by Gasteiger charge is 2.26. The average Bonchev–Trinajstić information content (AvgIpc) is 2.84. The quantitative estimate of drug-likeness (QED) is 0.790. The van der Waals surface area contributed by atoms with Gasteiger partial charge in [0.2, 0.25) is 0 Å². The van der Waals surface area contributed by atoms with Crippen molar-refractivity contribution in [2.45, 2.75) is 38.0 Å². The molecule has 15 heavy (non-hydrogen) atoms. The van der Waals surface area contributed by atoms with Crippen LogP contribution in [0.1, 0.15) is 26.7 Å². The Bertz CT molecular complexity index is 198. The van der Waals surface area contributed by atoms with Crippen molar-refractivity contribution in [3.8, 4) is 0 Å². The van der Waals surface area contributed by atoms with Crippen molar-refractivity contribution in [1.82, 2.24) is 10.2 Å². The number of hydrogen-bond acceptors (Lipinski definition) is 3. The van der Waals surface area contributed by atoms with Crippen molar-refractivity contribution >= 4 is 11.8 Å². The monoisotopic (exact) mass is 228 g/mol. The van der Waals surface area contributed by atoms with Crippen LogP contribution in [-0.2, 0) is 0 Å². The number of nitrogens with zero attached hydrogens (tertiary/aromatic N) is 1. The molecule has 3 unspecified atom stereocenters. The van der Waals surface area contributed by atoms with Gasteiger partial charge in [0, 0.05) is 17.8 Å². The van der Waals surface area contributed by atoms with E-state index in [9.17, 15) is 0 Å². The largest absolute Gasteiger partial charge is 0.313 e. The highest BCUT2D eigenvalue weighted by atomic mass is 32.2. The Labute approximate surface area is 98.2 Å². The third-order valence-corrected chi connectivity index (χ3v) is 5.19. The van der Waals surface area contributed by atoms with Crippen molar-refractivity contribution in [3.63, 3.8) is 0 Å². The number of hydrogen-bond donors (Lipinski definition) is 1. The molecule has 2 nitrogen and oxygen atoms in total. The summed E-state index contributed by atoms with van der Waals surface area (Å²) in [5.74, 6) is 2.26. The Hall–Kier alpha value is 0.270. The van der Waals surface area contributed by atoms with E-state index in [4.69, 9.17) is 0 Å². The van der Waals surface area contributed by atoms with Crippen molar-refractivity contribution in [1.29, 1.82) is 0 Å². The van der Waals surface area contributed by atoms with Gasteiger partial charge in [-0.3, -0.25) is 0 Å². The van der Waals surface area contributed by atoms with Gasteiger partial charge in [0.15, 0.2) is 0 Å². The summed E-state index contributed by atoms with van der Waals surface area (Å²) in [6.07, 6.45) is 2.77. The van der Waals surface area contributed by atoms with E-state index in [1.807, 2.05) is 0 Å². The molecule has 0 amide bonds. The van der Waals surface area contributed by atoms with E-state index in [1.54, 1.807) is 0 Å². The molecule has 1 N–H and O–H groups in total. The van der Waals surface area contributed by atoms with Gasteiger partial charge >= 0.3 is 0 Å². The van der Waals surface area contributed by atoms with E-state index in [0.29, 0.717) is 0 Å². The summed E-state index contributed by atoms with van der Waals surface area (Å²) in [6.45, 7) is 9.74. The fourth-order valence-electron chi connectivity index (χ4n) is 2.68. The fraction of sp³-hybridized carbons (Fsp3) is 1.00. The van der Waals surface area contributed by atoms with Crippen LogP contribution in [0.4, 0.5) is 0 Å². The van der Waals surface area contributed by atoms with Crippen LogP contribution < -0.4 is 5.32 Å². The lowest BCUT2D eigenvalue weighted by Crippen LogP contribution is -2.37. The molecule has 0 aromatic carbocycles. The van der Waals surface area contributed by atoms with Gasteiger partial charge in [0.05, 0.1) is 0 Å². The van der Waals surface area contributed by atoms with Gasteiger partial charge in [0.25, 0.3) is 0 Å². The molecular formula is C12H24N2S. The van der Waals surface area contributed by atoms with Gasteiger partial charge in [-0.25, -0.2) is 0 Å². The molecule has 2 heterocycles. The molecule has 0 aromatic rings. The zero-order chi connectivity index (χ0) is 10.7. The minimum atomic E-state index is 0.783. The second-order valence-corrected chi connectivity index (χ2v) is 6.41. The third kappa shape index (κ3) is 3.11. The van der Waals surface area contributed by atoms with Gasteiger partial charge in [0.1, 0.15) is 0 Å². The molecule has 0 bridgehead atoms. The molecule has 0 aliphatic carbocycles. The lowest BCUT2D eigenvalue weighted by atomic mass is 10.1. The Morgan fingerprint density at radius 1 is 1.40 bits per heavy atom. The molecule has 3 atom stereocenters. The molecular weight excluding hydrogens is 204 g/mol. The lowest BCUT2D eigenvalue weighted by Gasteiger charge is -2.19. The summed E-state index contributed by atoms with van der Waals surface area (Å²) >= 11 is 2.12. The molecule has 2 saturated heterocycles. The smallest absolute Gasteiger partial charge is 0.0191 e. The minimum Gasteiger partial charge on any atom is -0.313 e. The molecule has 3 heteroatoms. The maximum atomic E-state index is 3.77. The summed E-state index contributed by atoms with van der Waals surface area (Å²) in [4.78, 5) is 2.57. The van der Waals surface area contributed by atoms with E-state index in [0.717, 1.165) is 17.2 Å². The first-order chi connectivity index (χ1) is 7.29. The first kappa shape index (κ1) is 11.7. The van der Waals surface area contributed by atoms with E-state index < -0.39 is 0 Å². The molecule has 2 rings (SSSR count). The first-order valence-corrected chi connectivity index (χ1v) is 7.41. The maximum Gasteiger partial charge on any atom is 0.0191 e. The van der Waals surface area contributed by atoms with Gasteiger partial charge in [-0.05, 0) is 44.1 Å². The summed E-state index contributed by atoms with van der Waals surface area (Å²) in [7, 11) is 0. The van der Waals surface area contributed by atoms with Crippen molar-refractivity contribution in [2.24, 2.45) is 5.92 Å². The zero-order valence-corrected chi connectivity index (χ0v) is 10.9. The third-order valence-electron chi connectivity index (χ3n) is 3.86. The summed E-state index contributed by atoms with van der Waals surface area (Å²) in [5.41, 5.74) is 0. The normalized spacial score (nSPS) is 37.6. The van der Waals surface area contributed by atoms with Crippen LogP contribution in [0.3, 0.4) is 0 Å².